The number of thioether (sulfide) groups is 1. The van der Waals surface area contributed by atoms with Crippen molar-refractivity contribution < 1.29 is 23.1 Å². The first-order chi connectivity index (χ1) is 10.3. The second-order valence-electron chi connectivity index (χ2n) is 4.43. The average molecular weight is 347 g/mol. The topological polar surface area (TPSA) is 37.3 Å². The van der Waals surface area contributed by atoms with Crippen LogP contribution < -0.4 is 0 Å². The number of carbonyl (C=O) groups is 1. The molecular formula is C15H10ClF3O2S. The summed E-state index contributed by atoms with van der Waals surface area (Å²) in [6.07, 6.45) is -4.57. The summed E-state index contributed by atoms with van der Waals surface area (Å²) in [5.41, 5.74) is -0.430. The minimum absolute atomic E-state index is 0.287. The van der Waals surface area contributed by atoms with Gasteiger partial charge in [0.15, 0.2) is 0 Å². The Balaban J connectivity index is 2.23. The highest BCUT2D eigenvalue weighted by molar-refractivity contribution is 7.98. The summed E-state index contributed by atoms with van der Waals surface area (Å²) < 4.78 is 37.9. The summed E-state index contributed by atoms with van der Waals surface area (Å²) in [5, 5.41) is 9.67. The summed E-state index contributed by atoms with van der Waals surface area (Å²) >= 11 is 6.93. The second-order valence-corrected chi connectivity index (χ2v) is 5.88. The Bertz CT molecular complexity index is 684. The predicted molar refractivity (Wildman–Crippen MR) is 79.4 cm³/mol. The molecule has 0 bridgehead atoms. The number of carboxylic acid groups (broad SMARTS) is 1. The molecule has 0 unspecified atom stereocenters. The molecule has 0 aliphatic carbocycles. The molecule has 0 atom stereocenters. The van der Waals surface area contributed by atoms with E-state index < -0.39 is 17.7 Å². The molecule has 116 valence electrons. The van der Waals surface area contributed by atoms with Gasteiger partial charge >= 0.3 is 12.1 Å². The molecule has 0 heterocycles. The molecule has 0 amide bonds. The Hall–Kier alpha value is -1.66. The maximum Gasteiger partial charge on any atom is 0.416 e. The number of hydrogen-bond acceptors (Lipinski definition) is 2. The highest BCUT2D eigenvalue weighted by Crippen LogP contribution is 2.34. The smallest absolute Gasteiger partial charge is 0.416 e. The number of hydrogen-bond donors (Lipinski definition) is 1. The van der Waals surface area contributed by atoms with Gasteiger partial charge in [-0.3, -0.25) is 0 Å². The first kappa shape index (κ1) is 16.7. The molecule has 0 aromatic heterocycles. The number of aromatic carboxylic acids is 1. The standard InChI is InChI=1S/C15H10ClF3O2S/c16-11-4-1-9(2-5-11)8-22-13-6-3-10(15(17,18)19)7-12(13)14(20)21/h1-7H,8H2,(H,20,21). The molecule has 0 fully saturated rings. The third-order valence-electron chi connectivity index (χ3n) is 2.84. The molecule has 0 aliphatic rings. The molecule has 2 aromatic rings. The van der Waals surface area contributed by atoms with E-state index in [0.717, 1.165) is 23.4 Å². The van der Waals surface area contributed by atoms with Crippen LogP contribution in [0.4, 0.5) is 13.2 Å². The zero-order chi connectivity index (χ0) is 16.3. The number of alkyl halides is 3. The molecule has 2 rings (SSSR count). The molecule has 1 N–H and O–H groups in total. The molecule has 0 saturated carbocycles. The van der Waals surface area contributed by atoms with Gasteiger partial charge in [-0.2, -0.15) is 13.2 Å². The van der Waals surface area contributed by atoms with Gasteiger partial charge in [0.25, 0.3) is 0 Å². The lowest BCUT2D eigenvalue weighted by atomic mass is 10.1. The van der Waals surface area contributed by atoms with Crippen molar-refractivity contribution in [3.8, 4) is 0 Å². The largest absolute Gasteiger partial charge is 0.478 e. The minimum Gasteiger partial charge on any atom is -0.478 e. The van der Waals surface area contributed by atoms with E-state index in [-0.39, 0.29) is 10.5 Å². The summed E-state index contributed by atoms with van der Waals surface area (Å²) in [5.74, 6) is -0.951. The SMILES string of the molecule is O=C(O)c1cc(C(F)(F)F)ccc1SCc1ccc(Cl)cc1. The van der Waals surface area contributed by atoms with Crippen molar-refractivity contribution in [2.75, 3.05) is 0 Å². The van der Waals surface area contributed by atoms with Crippen LogP contribution in [0.2, 0.25) is 5.02 Å². The van der Waals surface area contributed by atoms with Gasteiger partial charge in [0.2, 0.25) is 0 Å². The van der Waals surface area contributed by atoms with Gasteiger partial charge in [0.05, 0.1) is 11.1 Å². The van der Waals surface area contributed by atoms with E-state index in [4.69, 9.17) is 16.7 Å². The highest BCUT2D eigenvalue weighted by Gasteiger charge is 2.31. The van der Waals surface area contributed by atoms with Crippen LogP contribution in [0.15, 0.2) is 47.4 Å². The third kappa shape index (κ3) is 4.18. The van der Waals surface area contributed by atoms with Crippen LogP contribution in [0, 0.1) is 0 Å². The molecule has 0 spiro atoms. The Morgan fingerprint density at radius 2 is 1.77 bits per heavy atom. The van der Waals surface area contributed by atoms with E-state index in [1.165, 1.54) is 6.07 Å². The number of halogens is 4. The zero-order valence-electron chi connectivity index (χ0n) is 11.0. The van der Waals surface area contributed by atoms with Gasteiger partial charge in [0, 0.05) is 15.7 Å². The number of rotatable bonds is 4. The van der Waals surface area contributed by atoms with Crippen molar-refractivity contribution in [3.05, 3.63) is 64.2 Å². The van der Waals surface area contributed by atoms with Gasteiger partial charge in [-0.1, -0.05) is 23.7 Å². The Kier molecular flexibility index (Phi) is 5.03. The molecule has 2 aromatic carbocycles. The van der Waals surface area contributed by atoms with E-state index in [9.17, 15) is 18.0 Å². The normalized spacial score (nSPS) is 11.5. The van der Waals surface area contributed by atoms with E-state index >= 15 is 0 Å². The molecule has 0 saturated heterocycles. The predicted octanol–water partition coefficient (Wildman–Crippen LogP) is 5.35. The summed E-state index contributed by atoms with van der Waals surface area (Å²) in [7, 11) is 0. The fourth-order valence-corrected chi connectivity index (χ4v) is 2.85. The second kappa shape index (κ2) is 6.62. The molecule has 22 heavy (non-hydrogen) atoms. The van der Waals surface area contributed by atoms with E-state index in [0.29, 0.717) is 16.8 Å². The Labute approximate surface area is 133 Å². The van der Waals surface area contributed by atoms with E-state index in [1.54, 1.807) is 24.3 Å². The van der Waals surface area contributed by atoms with Crippen LogP contribution in [0.5, 0.6) is 0 Å². The maximum absolute atomic E-state index is 12.6. The fraction of sp³-hybridized carbons (Fsp3) is 0.133. The highest BCUT2D eigenvalue weighted by atomic mass is 35.5. The van der Waals surface area contributed by atoms with E-state index in [2.05, 4.69) is 0 Å². The third-order valence-corrected chi connectivity index (χ3v) is 4.24. The fourth-order valence-electron chi connectivity index (χ4n) is 1.74. The van der Waals surface area contributed by atoms with Crippen molar-refractivity contribution in [1.29, 1.82) is 0 Å². The lowest BCUT2D eigenvalue weighted by Gasteiger charge is -2.11. The summed E-state index contributed by atoms with van der Waals surface area (Å²) in [6, 6.07) is 9.68. The van der Waals surface area contributed by atoms with Crippen molar-refractivity contribution in [2.45, 2.75) is 16.8 Å². The van der Waals surface area contributed by atoms with Gasteiger partial charge in [-0.05, 0) is 35.9 Å². The molecule has 7 heteroatoms. The molecule has 2 nitrogen and oxygen atoms in total. The van der Waals surface area contributed by atoms with Gasteiger partial charge < -0.3 is 5.11 Å². The molecule has 0 radical (unpaired) electrons. The van der Waals surface area contributed by atoms with Gasteiger partial charge in [-0.25, -0.2) is 4.79 Å². The van der Waals surface area contributed by atoms with Gasteiger partial charge in [0.1, 0.15) is 0 Å². The lowest BCUT2D eigenvalue weighted by Crippen LogP contribution is -2.08. The zero-order valence-corrected chi connectivity index (χ0v) is 12.6. The number of benzene rings is 2. The van der Waals surface area contributed by atoms with Crippen LogP contribution in [-0.2, 0) is 11.9 Å². The lowest BCUT2D eigenvalue weighted by molar-refractivity contribution is -0.137. The maximum atomic E-state index is 12.6. The molecular weight excluding hydrogens is 337 g/mol. The molecule has 0 aliphatic heterocycles. The van der Waals surface area contributed by atoms with Crippen LogP contribution >= 0.6 is 23.4 Å². The van der Waals surface area contributed by atoms with E-state index in [1.807, 2.05) is 0 Å². The Morgan fingerprint density at radius 1 is 1.14 bits per heavy atom. The summed E-state index contributed by atoms with van der Waals surface area (Å²) in [4.78, 5) is 11.4. The first-order valence-electron chi connectivity index (χ1n) is 6.09. The first-order valence-corrected chi connectivity index (χ1v) is 7.45. The van der Waals surface area contributed by atoms with Crippen molar-refractivity contribution in [2.24, 2.45) is 0 Å². The van der Waals surface area contributed by atoms with Crippen molar-refractivity contribution >= 4 is 29.3 Å². The van der Waals surface area contributed by atoms with Gasteiger partial charge in [-0.15, -0.1) is 11.8 Å². The summed E-state index contributed by atoms with van der Waals surface area (Å²) in [6.45, 7) is 0. The quantitative estimate of drug-likeness (QED) is 0.758. The Morgan fingerprint density at radius 3 is 2.32 bits per heavy atom. The monoisotopic (exact) mass is 346 g/mol. The van der Waals surface area contributed by atoms with Crippen molar-refractivity contribution in [1.82, 2.24) is 0 Å². The van der Waals surface area contributed by atoms with Crippen LogP contribution in [0.3, 0.4) is 0 Å². The van der Waals surface area contributed by atoms with Crippen molar-refractivity contribution in [3.63, 3.8) is 0 Å². The van der Waals surface area contributed by atoms with Crippen LogP contribution in [0.1, 0.15) is 21.5 Å². The van der Waals surface area contributed by atoms with Crippen LogP contribution in [0.25, 0.3) is 0 Å². The number of carboxylic acids is 1. The van der Waals surface area contributed by atoms with Crippen LogP contribution in [-0.4, -0.2) is 11.1 Å². The minimum atomic E-state index is -4.57. The average Bonchev–Trinajstić information content (AvgIpc) is 2.45.